The molecule has 6 heteroatoms. The van der Waals surface area contributed by atoms with Crippen LogP contribution in [-0.2, 0) is 5.41 Å². The average molecular weight is 312 g/mol. The Bertz CT molecular complexity index is 643. The molecule has 0 radical (unpaired) electrons. The van der Waals surface area contributed by atoms with Crippen molar-refractivity contribution < 1.29 is 4.52 Å². The van der Waals surface area contributed by atoms with Crippen LogP contribution in [0.5, 0.6) is 0 Å². The molecule has 0 amide bonds. The van der Waals surface area contributed by atoms with Crippen molar-refractivity contribution in [3.8, 4) is 11.4 Å². The minimum atomic E-state index is -0.235. The van der Waals surface area contributed by atoms with E-state index in [9.17, 15) is 0 Å². The van der Waals surface area contributed by atoms with Gasteiger partial charge in [-0.05, 0) is 38.0 Å². The maximum absolute atomic E-state index is 6.17. The van der Waals surface area contributed by atoms with Crippen LogP contribution in [0.15, 0.2) is 22.7 Å². The van der Waals surface area contributed by atoms with E-state index in [1.165, 1.54) is 0 Å². The van der Waals surface area contributed by atoms with Crippen LogP contribution in [0.3, 0.4) is 0 Å². The van der Waals surface area contributed by atoms with Gasteiger partial charge < -0.3 is 10.3 Å². The first kappa shape index (κ1) is 13.9. The summed E-state index contributed by atoms with van der Waals surface area (Å²) in [4.78, 5) is 4.50. The van der Waals surface area contributed by atoms with Crippen LogP contribution in [0.2, 0.25) is 10.0 Å². The third kappa shape index (κ3) is 2.22. The smallest absolute Gasteiger partial charge is 0.234 e. The summed E-state index contributed by atoms with van der Waals surface area (Å²) in [5, 5.41) is 5.01. The van der Waals surface area contributed by atoms with Crippen LogP contribution in [0.25, 0.3) is 11.4 Å². The molecule has 4 nitrogen and oxygen atoms in total. The largest absolute Gasteiger partial charge is 0.338 e. The van der Waals surface area contributed by atoms with E-state index in [2.05, 4.69) is 17.1 Å². The molecule has 1 heterocycles. The maximum atomic E-state index is 6.17. The summed E-state index contributed by atoms with van der Waals surface area (Å²) in [5.41, 5.74) is 6.72. The van der Waals surface area contributed by atoms with E-state index >= 15 is 0 Å². The highest BCUT2D eigenvalue weighted by atomic mass is 35.5. The van der Waals surface area contributed by atoms with Crippen LogP contribution >= 0.6 is 23.2 Å². The molecule has 0 saturated heterocycles. The Kier molecular flexibility index (Phi) is 3.48. The Morgan fingerprint density at radius 2 is 2.15 bits per heavy atom. The highest BCUT2D eigenvalue weighted by Gasteiger charge is 2.42. The average Bonchev–Trinajstić information content (AvgIpc) is 3.02. The number of nitrogens with two attached hydrogens (primary N) is 1. The summed E-state index contributed by atoms with van der Waals surface area (Å²) in [7, 11) is 0. The molecule has 2 atom stereocenters. The minimum absolute atomic E-state index is 0.0598. The SMILES string of the molecule is CC1(c2nc(-c3ccc(Cl)c(Cl)c3)no2)CCCC1N. The molecule has 2 unspecified atom stereocenters. The molecule has 2 N–H and O–H groups in total. The molecule has 3 rings (SSSR count). The summed E-state index contributed by atoms with van der Waals surface area (Å²) >= 11 is 11.9. The number of aromatic nitrogens is 2. The van der Waals surface area contributed by atoms with E-state index in [1.807, 2.05) is 6.07 Å². The molecule has 1 saturated carbocycles. The molecule has 1 aliphatic carbocycles. The lowest BCUT2D eigenvalue weighted by Gasteiger charge is -2.23. The van der Waals surface area contributed by atoms with Gasteiger partial charge in [-0.25, -0.2) is 0 Å². The molecule has 106 valence electrons. The van der Waals surface area contributed by atoms with Gasteiger partial charge in [0.05, 0.1) is 15.5 Å². The number of nitrogens with zero attached hydrogens (tertiary/aromatic N) is 2. The van der Waals surface area contributed by atoms with Gasteiger partial charge in [-0.2, -0.15) is 4.98 Å². The molecule has 1 fully saturated rings. The molecule has 20 heavy (non-hydrogen) atoms. The highest BCUT2D eigenvalue weighted by molar-refractivity contribution is 6.42. The van der Waals surface area contributed by atoms with Crippen molar-refractivity contribution in [3.63, 3.8) is 0 Å². The van der Waals surface area contributed by atoms with Crippen LogP contribution < -0.4 is 5.73 Å². The van der Waals surface area contributed by atoms with Gasteiger partial charge in [-0.1, -0.05) is 34.8 Å². The lowest BCUT2D eigenvalue weighted by Crippen LogP contribution is -2.38. The minimum Gasteiger partial charge on any atom is -0.338 e. The van der Waals surface area contributed by atoms with Gasteiger partial charge in [0.25, 0.3) is 0 Å². The number of hydrogen-bond donors (Lipinski definition) is 1. The Morgan fingerprint density at radius 3 is 2.80 bits per heavy atom. The number of halogens is 2. The quantitative estimate of drug-likeness (QED) is 0.915. The van der Waals surface area contributed by atoms with E-state index in [4.69, 9.17) is 33.5 Å². The number of benzene rings is 1. The number of rotatable bonds is 2. The first-order valence-electron chi connectivity index (χ1n) is 6.56. The fourth-order valence-electron chi connectivity index (χ4n) is 2.67. The first-order valence-corrected chi connectivity index (χ1v) is 7.31. The summed E-state index contributed by atoms with van der Waals surface area (Å²) in [6, 6.07) is 5.33. The van der Waals surface area contributed by atoms with E-state index in [0.717, 1.165) is 24.8 Å². The second kappa shape index (κ2) is 5.02. The summed E-state index contributed by atoms with van der Waals surface area (Å²) in [6.45, 7) is 2.08. The van der Waals surface area contributed by atoms with Crippen LogP contribution in [0.4, 0.5) is 0 Å². The van der Waals surface area contributed by atoms with E-state index in [-0.39, 0.29) is 11.5 Å². The fraction of sp³-hybridized carbons (Fsp3) is 0.429. The lowest BCUT2D eigenvalue weighted by molar-refractivity contribution is 0.278. The first-order chi connectivity index (χ1) is 9.50. The lowest BCUT2D eigenvalue weighted by atomic mass is 9.85. The van der Waals surface area contributed by atoms with Crippen molar-refractivity contribution in [2.24, 2.45) is 5.73 Å². The van der Waals surface area contributed by atoms with Gasteiger partial charge >= 0.3 is 0 Å². The summed E-state index contributed by atoms with van der Waals surface area (Å²) < 4.78 is 5.43. The van der Waals surface area contributed by atoms with Crippen molar-refractivity contribution in [2.75, 3.05) is 0 Å². The van der Waals surface area contributed by atoms with E-state index < -0.39 is 0 Å². The molecule has 1 aromatic heterocycles. The van der Waals surface area contributed by atoms with E-state index in [0.29, 0.717) is 21.8 Å². The predicted octanol–water partition coefficient (Wildman–Crippen LogP) is 3.81. The normalized spacial score (nSPS) is 26.1. The molecular weight excluding hydrogens is 297 g/mol. The van der Waals surface area contributed by atoms with Crippen LogP contribution in [-0.4, -0.2) is 16.2 Å². The van der Waals surface area contributed by atoms with Gasteiger partial charge in [0.1, 0.15) is 0 Å². The molecule has 0 aliphatic heterocycles. The van der Waals surface area contributed by atoms with Crippen molar-refractivity contribution in [3.05, 3.63) is 34.1 Å². The van der Waals surface area contributed by atoms with Gasteiger partial charge in [0, 0.05) is 11.6 Å². The fourth-order valence-corrected chi connectivity index (χ4v) is 2.96. The van der Waals surface area contributed by atoms with Crippen molar-refractivity contribution in [1.29, 1.82) is 0 Å². The van der Waals surface area contributed by atoms with Crippen molar-refractivity contribution >= 4 is 23.2 Å². The topological polar surface area (TPSA) is 64.9 Å². The Hall–Kier alpha value is -1.10. The standard InChI is InChI=1S/C14H15Cl2N3O/c1-14(6-2-3-11(14)17)13-18-12(19-20-13)8-4-5-9(15)10(16)7-8/h4-5,7,11H,2-3,6,17H2,1H3. The Labute approximate surface area is 127 Å². The zero-order valence-corrected chi connectivity index (χ0v) is 12.6. The molecule has 0 spiro atoms. The van der Waals surface area contributed by atoms with Crippen molar-refractivity contribution in [1.82, 2.24) is 10.1 Å². The van der Waals surface area contributed by atoms with Crippen molar-refractivity contribution in [2.45, 2.75) is 37.6 Å². The van der Waals surface area contributed by atoms with Gasteiger partial charge in [-0.3, -0.25) is 0 Å². The van der Waals surface area contributed by atoms with Crippen LogP contribution in [0, 0.1) is 0 Å². The summed E-state index contributed by atoms with van der Waals surface area (Å²) in [5.74, 6) is 1.11. The molecular formula is C14H15Cl2N3O. The highest BCUT2D eigenvalue weighted by Crippen LogP contribution is 2.39. The molecule has 0 bridgehead atoms. The summed E-state index contributed by atoms with van der Waals surface area (Å²) in [6.07, 6.45) is 3.04. The predicted molar refractivity (Wildman–Crippen MR) is 78.9 cm³/mol. The van der Waals surface area contributed by atoms with Gasteiger partial charge in [0.15, 0.2) is 0 Å². The third-order valence-corrected chi connectivity index (χ3v) is 4.86. The second-order valence-electron chi connectivity index (χ2n) is 5.47. The van der Waals surface area contributed by atoms with Gasteiger partial charge in [-0.15, -0.1) is 0 Å². The maximum Gasteiger partial charge on any atom is 0.234 e. The molecule has 1 aromatic carbocycles. The third-order valence-electron chi connectivity index (χ3n) is 4.12. The zero-order chi connectivity index (χ0) is 14.3. The van der Waals surface area contributed by atoms with Crippen LogP contribution in [0.1, 0.15) is 32.1 Å². The Morgan fingerprint density at radius 1 is 1.35 bits per heavy atom. The van der Waals surface area contributed by atoms with Gasteiger partial charge in [0.2, 0.25) is 11.7 Å². The number of hydrogen-bond acceptors (Lipinski definition) is 4. The Balaban J connectivity index is 1.96. The molecule has 1 aliphatic rings. The monoisotopic (exact) mass is 311 g/mol. The second-order valence-corrected chi connectivity index (χ2v) is 6.28. The van der Waals surface area contributed by atoms with E-state index in [1.54, 1.807) is 12.1 Å². The zero-order valence-electron chi connectivity index (χ0n) is 11.1. The molecule has 2 aromatic rings.